The van der Waals surface area contributed by atoms with Gasteiger partial charge < -0.3 is 4.74 Å². The first-order valence-electron chi connectivity index (χ1n) is 13.2. The van der Waals surface area contributed by atoms with Gasteiger partial charge >= 0.3 is 0 Å². The minimum Gasteiger partial charge on any atom is -0.490 e. The number of benzene rings is 1. The predicted octanol–water partition coefficient (Wildman–Crippen LogP) is 8.69. The summed E-state index contributed by atoms with van der Waals surface area (Å²) < 4.78 is 20.7. The summed E-state index contributed by atoms with van der Waals surface area (Å²) in [6, 6.07) is 5.77. The molecule has 0 N–H and O–H groups in total. The van der Waals surface area contributed by atoms with Crippen LogP contribution >= 0.6 is 0 Å². The number of hydrogen-bond acceptors (Lipinski definition) is 1. The Labute approximate surface area is 189 Å². The molecule has 172 valence electrons. The van der Waals surface area contributed by atoms with Crippen molar-refractivity contribution in [1.29, 1.82) is 0 Å². The zero-order valence-corrected chi connectivity index (χ0v) is 19.8. The van der Waals surface area contributed by atoms with E-state index in [2.05, 4.69) is 32.1 Å². The second kappa shape index (κ2) is 11.0. The van der Waals surface area contributed by atoms with Crippen LogP contribution in [0.1, 0.15) is 102 Å². The van der Waals surface area contributed by atoms with Gasteiger partial charge in [0, 0.05) is 5.92 Å². The van der Waals surface area contributed by atoms with Crippen molar-refractivity contribution in [1.82, 2.24) is 0 Å². The van der Waals surface area contributed by atoms with Crippen LogP contribution in [0.2, 0.25) is 0 Å². The maximum atomic E-state index is 14.8. The number of rotatable bonds is 7. The van der Waals surface area contributed by atoms with Crippen molar-refractivity contribution in [3.63, 3.8) is 0 Å². The van der Waals surface area contributed by atoms with Crippen LogP contribution in [0.4, 0.5) is 4.39 Å². The van der Waals surface area contributed by atoms with Crippen LogP contribution in [0.25, 0.3) is 0 Å². The molecule has 4 rings (SSSR count). The lowest BCUT2D eigenvalue weighted by Crippen LogP contribution is -2.24. The molecule has 1 aromatic carbocycles. The van der Waals surface area contributed by atoms with Gasteiger partial charge in [-0.15, -0.1) is 0 Å². The average molecular weight is 427 g/mol. The molecule has 0 aromatic heterocycles. The standard InChI is InChI=1S/C29H43FO/c1-3-4-22-7-9-23(10-8-22)20-31-29-18-17-27(19-28(29)30)26-15-13-25(14-16-26)24-11-5-21(2)6-12-24/h7,9,17-19,21-26H,3-6,8,10-16,20H2,1-2H3. The van der Waals surface area contributed by atoms with Crippen molar-refractivity contribution in [2.75, 3.05) is 6.61 Å². The van der Waals surface area contributed by atoms with Crippen LogP contribution < -0.4 is 4.74 Å². The Morgan fingerprint density at radius 2 is 1.48 bits per heavy atom. The number of ether oxygens (including phenoxy) is 1. The Morgan fingerprint density at radius 1 is 0.839 bits per heavy atom. The van der Waals surface area contributed by atoms with Crippen LogP contribution in [0, 0.1) is 35.4 Å². The third-order valence-corrected chi connectivity index (χ3v) is 8.60. The van der Waals surface area contributed by atoms with E-state index in [1.807, 2.05) is 6.07 Å². The molecule has 1 aromatic rings. The highest BCUT2D eigenvalue weighted by Gasteiger charge is 2.30. The minimum absolute atomic E-state index is 0.176. The molecule has 2 atom stereocenters. The van der Waals surface area contributed by atoms with Crippen LogP contribution in [0.15, 0.2) is 30.4 Å². The molecule has 2 heteroatoms. The molecular weight excluding hydrogens is 383 g/mol. The van der Waals surface area contributed by atoms with E-state index in [4.69, 9.17) is 4.74 Å². The Kier molecular flexibility index (Phi) is 8.13. The summed E-state index contributed by atoms with van der Waals surface area (Å²) in [6.45, 7) is 5.25. The van der Waals surface area contributed by atoms with E-state index < -0.39 is 0 Å². The highest BCUT2D eigenvalue weighted by molar-refractivity contribution is 5.31. The molecule has 0 amide bonds. The smallest absolute Gasteiger partial charge is 0.165 e. The van der Waals surface area contributed by atoms with Crippen molar-refractivity contribution in [2.45, 2.75) is 96.8 Å². The Morgan fingerprint density at radius 3 is 2.10 bits per heavy atom. The first kappa shape index (κ1) is 22.9. The van der Waals surface area contributed by atoms with E-state index in [9.17, 15) is 4.39 Å². The highest BCUT2D eigenvalue weighted by Crippen LogP contribution is 2.44. The van der Waals surface area contributed by atoms with E-state index in [1.54, 1.807) is 6.07 Å². The van der Waals surface area contributed by atoms with Crippen molar-refractivity contribution in [2.24, 2.45) is 29.6 Å². The molecule has 1 nitrogen and oxygen atoms in total. The lowest BCUT2D eigenvalue weighted by molar-refractivity contribution is 0.165. The molecule has 3 aliphatic rings. The second-order valence-corrected chi connectivity index (χ2v) is 10.9. The van der Waals surface area contributed by atoms with Gasteiger partial charge in [0.05, 0.1) is 6.61 Å². The lowest BCUT2D eigenvalue weighted by atomic mass is 9.68. The Balaban J connectivity index is 1.25. The molecule has 2 fully saturated rings. The third-order valence-electron chi connectivity index (χ3n) is 8.60. The number of hydrogen-bond donors (Lipinski definition) is 0. The first-order valence-corrected chi connectivity index (χ1v) is 13.2. The summed E-state index contributed by atoms with van der Waals surface area (Å²) in [7, 11) is 0. The molecule has 3 aliphatic carbocycles. The van der Waals surface area contributed by atoms with Crippen LogP contribution in [-0.2, 0) is 0 Å². The monoisotopic (exact) mass is 426 g/mol. The van der Waals surface area contributed by atoms with Gasteiger partial charge in [-0.25, -0.2) is 4.39 Å². The minimum atomic E-state index is -0.176. The summed E-state index contributed by atoms with van der Waals surface area (Å²) in [5.74, 6) is 4.73. The largest absolute Gasteiger partial charge is 0.490 e. The fraction of sp³-hybridized carbons (Fsp3) is 0.724. The quantitative estimate of drug-likeness (QED) is 0.396. The van der Waals surface area contributed by atoms with Crippen molar-refractivity contribution < 1.29 is 9.13 Å². The summed E-state index contributed by atoms with van der Waals surface area (Å²) in [5, 5.41) is 0. The number of allylic oxidation sites excluding steroid dienone is 1. The van der Waals surface area contributed by atoms with Gasteiger partial charge in [0.1, 0.15) is 0 Å². The molecular formula is C29H43FO. The van der Waals surface area contributed by atoms with Crippen LogP contribution in [-0.4, -0.2) is 6.61 Å². The summed E-state index contributed by atoms with van der Waals surface area (Å²) in [4.78, 5) is 0. The van der Waals surface area contributed by atoms with Gasteiger partial charge in [-0.1, -0.05) is 51.3 Å². The lowest BCUT2D eigenvalue weighted by Gasteiger charge is -2.37. The van der Waals surface area contributed by atoms with Gasteiger partial charge in [0.25, 0.3) is 0 Å². The topological polar surface area (TPSA) is 9.23 Å². The molecule has 2 unspecified atom stereocenters. The van der Waals surface area contributed by atoms with E-state index in [-0.39, 0.29) is 5.82 Å². The van der Waals surface area contributed by atoms with E-state index in [0.717, 1.165) is 30.1 Å². The molecule has 0 bridgehead atoms. The molecule has 31 heavy (non-hydrogen) atoms. The van der Waals surface area contributed by atoms with E-state index in [1.165, 1.54) is 76.2 Å². The fourth-order valence-electron chi connectivity index (χ4n) is 6.45. The van der Waals surface area contributed by atoms with Crippen molar-refractivity contribution >= 4 is 0 Å². The second-order valence-electron chi connectivity index (χ2n) is 10.9. The zero-order valence-electron chi connectivity index (χ0n) is 19.8. The molecule has 0 aliphatic heterocycles. The first-order chi connectivity index (χ1) is 15.1. The normalized spacial score (nSPS) is 33.9. The maximum Gasteiger partial charge on any atom is 0.165 e. The van der Waals surface area contributed by atoms with Crippen LogP contribution in [0.5, 0.6) is 5.75 Å². The predicted molar refractivity (Wildman–Crippen MR) is 128 cm³/mol. The SMILES string of the molecule is CCCC1C=CC(COc2ccc(C3CCC(C4CCC(C)CC4)CC3)cc2F)CC1. The van der Waals surface area contributed by atoms with Gasteiger partial charge in [0.15, 0.2) is 11.6 Å². The molecule has 0 saturated heterocycles. The van der Waals surface area contributed by atoms with Gasteiger partial charge in [-0.3, -0.25) is 0 Å². The average Bonchev–Trinajstić information content (AvgIpc) is 2.80. The van der Waals surface area contributed by atoms with E-state index >= 15 is 0 Å². The highest BCUT2D eigenvalue weighted by atomic mass is 19.1. The van der Waals surface area contributed by atoms with Crippen molar-refractivity contribution in [3.05, 3.63) is 41.7 Å². The Bertz CT molecular complexity index is 709. The van der Waals surface area contributed by atoms with Gasteiger partial charge in [0.2, 0.25) is 0 Å². The summed E-state index contributed by atoms with van der Waals surface area (Å²) in [5.41, 5.74) is 1.18. The molecule has 2 saturated carbocycles. The Hall–Kier alpha value is -1.31. The molecule has 0 radical (unpaired) electrons. The number of halogens is 1. The van der Waals surface area contributed by atoms with Gasteiger partial charge in [-0.05, 0) is 105 Å². The fourth-order valence-corrected chi connectivity index (χ4v) is 6.45. The van der Waals surface area contributed by atoms with E-state index in [0.29, 0.717) is 24.2 Å². The van der Waals surface area contributed by atoms with Crippen molar-refractivity contribution in [3.8, 4) is 5.75 Å². The maximum absolute atomic E-state index is 14.8. The summed E-state index contributed by atoms with van der Waals surface area (Å²) in [6.07, 6.45) is 20.4. The summed E-state index contributed by atoms with van der Waals surface area (Å²) >= 11 is 0. The third kappa shape index (κ3) is 6.14. The zero-order chi connectivity index (χ0) is 21.6. The van der Waals surface area contributed by atoms with Crippen LogP contribution in [0.3, 0.4) is 0 Å². The molecule has 0 spiro atoms. The van der Waals surface area contributed by atoms with Gasteiger partial charge in [-0.2, -0.15) is 0 Å². The molecule has 0 heterocycles.